The predicted molar refractivity (Wildman–Crippen MR) is 69.9 cm³/mol. The van der Waals surface area contributed by atoms with Crippen molar-refractivity contribution in [2.75, 3.05) is 39.3 Å². The molecule has 0 unspecified atom stereocenters. The summed E-state index contributed by atoms with van der Waals surface area (Å²) < 4.78 is 26.2. The van der Waals surface area contributed by atoms with Gasteiger partial charge < -0.3 is 15.2 Å². The first-order chi connectivity index (χ1) is 8.68. The van der Waals surface area contributed by atoms with Crippen LogP contribution in [0.15, 0.2) is 23.4 Å². The van der Waals surface area contributed by atoms with Gasteiger partial charge in [0.05, 0.1) is 4.90 Å². The topological polar surface area (TPSA) is 77.2 Å². The molecule has 1 saturated heterocycles. The predicted octanol–water partition coefficient (Wildman–Crippen LogP) is -0.412. The normalized spacial score (nSPS) is 18.0. The summed E-state index contributed by atoms with van der Waals surface area (Å²) in [5.74, 6) is 0. The molecule has 0 amide bonds. The number of hydrogen-bond donors (Lipinski definition) is 3. The van der Waals surface area contributed by atoms with Gasteiger partial charge in [0.15, 0.2) is 0 Å². The van der Waals surface area contributed by atoms with Crippen LogP contribution in [0.25, 0.3) is 0 Å². The van der Waals surface area contributed by atoms with Crippen molar-refractivity contribution in [3.8, 4) is 0 Å². The molecule has 3 N–H and O–H groups in total. The molecule has 0 spiro atoms. The van der Waals surface area contributed by atoms with Crippen LogP contribution < -0.4 is 10.0 Å². The number of piperazine rings is 1. The Morgan fingerprint density at radius 3 is 2.78 bits per heavy atom. The van der Waals surface area contributed by atoms with Gasteiger partial charge in [0, 0.05) is 45.1 Å². The second kappa shape index (κ2) is 6.33. The van der Waals surface area contributed by atoms with E-state index in [-0.39, 0.29) is 0 Å². The zero-order chi connectivity index (χ0) is 12.8. The lowest BCUT2D eigenvalue weighted by atomic mass is 10.3. The second-order valence-corrected chi connectivity index (χ2v) is 6.16. The maximum Gasteiger partial charge on any atom is 0.242 e. The molecule has 0 radical (unpaired) electrons. The van der Waals surface area contributed by atoms with Crippen molar-refractivity contribution in [1.82, 2.24) is 19.9 Å². The van der Waals surface area contributed by atoms with Crippen LogP contribution >= 0.6 is 0 Å². The van der Waals surface area contributed by atoms with Gasteiger partial charge in [-0.15, -0.1) is 0 Å². The Hall–Kier alpha value is -0.890. The maximum absolute atomic E-state index is 11.8. The Kier molecular flexibility index (Phi) is 4.76. The number of rotatable bonds is 6. The monoisotopic (exact) mass is 272 g/mol. The molecule has 7 heteroatoms. The number of nitrogens with one attached hydrogen (secondary N) is 3. The molecule has 1 aromatic rings. The number of H-pyrrole nitrogens is 1. The summed E-state index contributed by atoms with van der Waals surface area (Å²) in [6, 6.07) is 1.55. The molecular formula is C11H20N4O2S. The molecule has 0 bridgehead atoms. The highest BCUT2D eigenvalue weighted by Gasteiger charge is 2.14. The van der Waals surface area contributed by atoms with Gasteiger partial charge in [0.2, 0.25) is 10.0 Å². The van der Waals surface area contributed by atoms with Crippen LogP contribution in [0.5, 0.6) is 0 Å². The summed E-state index contributed by atoms with van der Waals surface area (Å²) in [4.78, 5) is 5.39. The number of aromatic amines is 1. The molecule has 0 aliphatic carbocycles. The van der Waals surface area contributed by atoms with Crippen molar-refractivity contribution in [1.29, 1.82) is 0 Å². The third-order valence-corrected chi connectivity index (χ3v) is 4.49. The van der Waals surface area contributed by atoms with Gasteiger partial charge in [0.1, 0.15) is 0 Å². The molecule has 1 aromatic heterocycles. The first-order valence-electron chi connectivity index (χ1n) is 6.24. The van der Waals surface area contributed by atoms with E-state index in [1.807, 2.05) is 0 Å². The fourth-order valence-corrected chi connectivity index (χ4v) is 3.05. The number of nitrogens with zero attached hydrogens (tertiary/aromatic N) is 1. The van der Waals surface area contributed by atoms with Gasteiger partial charge in [-0.1, -0.05) is 0 Å². The van der Waals surface area contributed by atoms with Gasteiger partial charge in [-0.3, -0.25) is 0 Å². The average Bonchev–Trinajstić information content (AvgIpc) is 2.91. The zero-order valence-electron chi connectivity index (χ0n) is 10.4. The molecule has 2 rings (SSSR count). The number of hydrogen-bond acceptors (Lipinski definition) is 4. The summed E-state index contributed by atoms with van der Waals surface area (Å²) in [6.45, 7) is 5.56. The highest BCUT2D eigenvalue weighted by molar-refractivity contribution is 7.89. The number of aromatic nitrogens is 1. The molecule has 2 heterocycles. The number of sulfonamides is 1. The van der Waals surface area contributed by atoms with E-state index in [9.17, 15) is 8.42 Å². The van der Waals surface area contributed by atoms with Crippen molar-refractivity contribution in [3.05, 3.63) is 18.5 Å². The summed E-state index contributed by atoms with van der Waals surface area (Å²) in [6.07, 6.45) is 3.93. The lowest BCUT2D eigenvalue weighted by Gasteiger charge is -2.26. The van der Waals surface area contributed by atoms with Crippen LogP contribution in [-0.4, -0.2) is 57.6 Å². The van der Waals surface area contributed by atoms with Crippen molar-refractivity contribution in [2.45, 2.75) is 11.3 Å². The molecule has 1 aliphatic rings. The van der Waals surface area contributed by atoms with Crippen LogP contribution in [0.1, 0.15) is 6.42 Å². The summed E-state index contributed by atoms with van der Waals surface area (Å²) >= 11 is 0. The lowest BCUT2D eigenvalue weighted by Crippen LogP contribution is -2.44. The summed E-state index contributed by atoms with van der Waals surface area (Å²) in [5, 5.41) is 3.29. The minimum atomic E-state index is -3.33. The van der Waals surface area contributed by atoms with E-state index in [0.29, 0.717) is 11.4 Å². The standard InChI is InChI=1S/C11H20N4O2S/c16-18(17,11-2-4-13-10-11)14-3-1-7-15-8-5-12-6-9-15/h2,4,10,12-14H,1,3,5-9H2. The Bertz CT molecular complexity index is 438. The van der Waals surface area contributed by atoms with E-state index >= 15 is 0 Å². The SMILES string of the molecule is O=S(=O)(NCCCN1CCNCC1)c1cc[nH]c1. The lowest BCUT2D eigenvalue weighted by molar-refractivity contribution is 0.239. The van der Waals surface area contributed by atoms with E-state index in [0.717, 1.165) is 39.1 Å². The zero-order valence-corrected chi connectivity index (χ0v) is 11.2. The van der Waals surface area contributed by atoms with Crippen LogP contribution in [0.4, 0.5) is 0 Å². The van der Waals surface area contributed by atoms with Crippen molar-refractivity contribution >= 4 is 10.0 Å². The first-order valence-corrected chi connectivity index (χ1v) is 7.72. The molecule has 0 aromatic carbocycles. The minimum Gasteiger partial charge on any atom is -0.366 e. The molecule has 102 valence electrons. The quantitative estimate of drug-likeness (QED) is 0.615. The Morgan fingerprint density at radius 2 is 2.11 bits per heavy atom. The third-order valence-electron chi connectivity index (χ3n) is 3.03. The van der Waals surface area contributed by atoms with E-state index in [2.05, 4.69) is 19.9 Å². The fourth-order valence-electron chi connectivity index (χ4n) is 2.00. The summed E-state index contributed by atoms with van der Waals surface area (Å²) in [5.41, 5.74) is 0. The van der Waals surface area contributed by atoms with Crippen molar-refractivity contribution in [2.24, 2.45) is 0 Å². The third kappa shape index (κ3) is 3.81. The van der Waals surface area contributed by atoms with Crippen molar-refractivity contribution in [3.63, 3.8) is 0 Å². The first kappa shape index (κ1) is 13.5. The Labute approximate surface area is 108 Å². The van der Waals surface area contributed by atoms with Crippen molar-refractivity contribution < 1.29 is 8.42 Å². The molecule has 0 atom stereocenters. The van der Waals surface area contributed by atoms with E-state index < -0.39 is 10.0 Å². The van der Waals surface area contributed by atoms with Gasteiger partial charge >= 0.3 is 0 Å². The van der Waals surface area contributed by atoms with Crippen LogP contribution in [-0.2, 0) is 10.0 Å². The minimum absolute atomic E-state index is 0.296. The van der Waals surface area contributed by atoms with Crippen LogP contribution in [0.3, 0.4) is 0 Å². The van der Waals surface area contributed by atoms with Gasteiger partial charge in [-0.2, -0.15) is 0 Å². The molecular weight excluding hydrogens is 252 g/mol. The second-order valence-electron chi connectivity index (χ2n) is 4.39. The summed E-state index contributed by atoms with van der Waals surface area (Å²) in [7, 11) is -3.33. The molecule has 6 nitrogen and oxygen atoms in total. The highest BCUT2D eigenvalue weighted by atomic mass is 32.2. The molecule has 1 aliphatic heterocycles. The highest BCUT2D eigenvalue weighted by Crippen LogP contribution is 2.05. The van der Waals surface area contributed by atoms with E-state index in [4.69, 9.17) is 0 Å². The van der Waals surface area contributed by atoms with E-state index in [1.165, 1.54) is 6.20 Å². The largest absolute Gasteiger partial charge is 0.366 e. The molecule has 0 saturated carbocycles. The Balaban J connectivity index is 1.69. The van der Waals surface area contributed by atoms with Crippen LogP contribution in [0, 0.1) is 0 Å². The van der Waals surface area contributed by atoms with Gasteiger partial charge in [-0.25, -0.2) is 13.1 Å². The van der Waals surface area contributed by atoms with Gasteiger partial charge in [0.25, 0.3) is 0 Å². The van der Waals surface area contributed by atoms with E-state index in [1.54, 1.807) is 12.3 Å². The molecule has 1 fully saturated rings. The Morgan fingerprint density at radius 1 is 1.33 bits per heavy atom. The molecule has 18 heavy (non-hydrogen) atoms. The maximum atomic E-state index is 11.8. The smallest absolute Gasteiger partial charge is 0.242 e. The van der Waals surface area contributed by atoms with Crippen LogP contribution in [0.2, 0.25) is 0 Å². The fraction of sp³-hybridized carbons (Fsp3) is 0.636. The average molecular weight is 272 g/mol. The van der Waals surface area contributed by atoms with Gasteiger partial charge in [-0.05, 0) is 19.0 Å².